The highest BCUT2D eigenvalue weighted by Gasteiger charge is 2.37. The lowest BCUT2D eigenvalue weighted by Crippen LogP contribution is -2.38. The maximum atomic E-state index is 12.5. The summed E-state index contributed by atoms with van der Waals surface area (Å²) in [6, 6.07) is 5.93. The molecule has 0 saturated heterocycles. The number of aliphatic hydroxyl groups excluding tert-OH is 1. The van der Waals surface area contributed by atoms with Crippen LogP contribution < -0.4 is 5.32 Å². The Morgan fingerprint density at radius 1 is 1.38 bits per heavy atom. The molecule has 2 heterocycles. The third-order valence-electron chi connectivity index (χ3n) is 4.99. The average molecular weight is 347 g/mol. The fraction of sp³-hybridized carbons (Fsp3) is 0.526. The van der Waals surface area contributed by atoms with Gasteiger partial charge >= 0.3 is 0 Å². The minimum Gasteiger partial charge on any atom is -0.466 e. The minimum atomic E-state index is -0.437. The lowest BCUT2D eigenvalue weighted by molar-refractivity contribution is 0.0942. The van der Waals surface area contributed by atoms with Crippen LogP contribution in [0.15, 0.2) is 22.6 Å². The van der Waals surface area contributed by atoms with Crippen LogP contribution in [0.3, 0.4) is 0 Å². The van der Waals surface area contributed by atoms with Crippen molar-refractivity contribution in [2.45, 2.75) is 58.0 Å². The quantitative estimate of drug-likeness (QED) is 0.850. The summed E-state index contributed by atoms with van der Waals surface area (Å²) < 4.78 is 5.46. The van der Waals surface area contributed by atoms with E-state index in [0.29, 0.717) is 17.9 Å². The second-order valence-electron chi connectivity index (χ2n) is 6.88. The van der Waals surface area contributed by atoms with Crippen LogP contribution in [0.4, 0.5) is 0 Å². The number of aryl methyl sites for hydroxylation is 2. The van der Waals surface area contributed by atoms with Gasteiger partial charge < -0.3 is 14.8 Å². The van der Waals surface area contributed by atoms with E-state index in [-0.39, 0.29) is 11.3 Å². The molecule has 1 unspecified atom stereocenters. The molecule has 4 nitrogen and oxygen atoms in total. The molecule has 0 bridgehead atoms. The molecule has 0 spiro atoms. The number of aliphatic hydroxyl groups is 1. The summed E-state index contributed by atoms with van der Waals surface area (Å²) in [5.41, 5.74) is 0.622. The van der Waals surface area contributed by atoms with Crippen molar-refractivity contribution in [3.8, 4) is 0 Å². The number of carbonyl (C=O) groups is 1. The van der Waals surface area contributed by atoms with Gasteiger partial charge in [-0.05, 0) is 51.8 Å². The van der Waals surface area contributed by atoms with Crippen molar-refractivity contribution < 1.29 is 14.3 Å². The van der Waals surface area contributed by atoms with Crippen molar-refractivity contribution in [3.63, 3.8) is 0 Å². The van der Waals surface area contributed by atoms with Gasteiger partial charge in [0, 0.05) is 21.7 Å². The lowest BCUT2D eigenvalue weighted by atomic mass is 9.84. The number of carbonyl (C=O) groups excluding carboxylic acids is 1. The molecule has 2 aromatic rings. The number of furan rings is 1. The Hall–Kier alpha value is -1.59. The smallest absolute Gasteiger partial charge is 0.254 e. The van der Waals surface area contributed by atoms with Crippen molar-refractivity contribution in [3.05, 3.63) is 45.0 Å². The molecule has 1 fully saturated rings. The molecule has 24 heavy (non-hydrogen) atoms. The fourth-order valence-electron chi connectivity index (χ4n) is 3.63. The number of amides is 1. The van der Waals surface area contributed by atoms with Crippen molar-refractivity contribution in [1.29, 1.82) is 0 Å². The van der Waals surface area contributed by atoms with Gasteiger partial charge in [0.2, 0.25) is 0 Å². The Morgan fingerprint density at radius 3 is 2.62 bits per heavy atom. The van der Waals surface area contributed by atoms with Gasteiger partial charge in [-0.2, -0.15) is 0 Å². The van der Waals surface area contributed by atoms with Crippen molar-refractivity contribution in [2.75, 3.05) is 6.54 Å². The van der Waals surface area contributed by atoms with Crippen LogP contribution >= 0.6 is 11.3 Å². The van der Waals surface area contributed by atoms with Crippen LogP contribution in [0.5, 0.6) is 0 Å². The van der Waals surface area contributed by atoms with Gasteiger partial charge in [-0.1, -0.05) is 12.8 Å². The highest BCUT2D eigenvalue weighted by molar-refractivity contribution is 7.12. The summed E-state index contributed by atoms with van der Waals surface area (Å²) in [6.07, 6.45) is 4.09. The summed E-state index contributed by atoms with van der Waals surface area (Å²) in [7, 11) is 0. The summed E-state index contributed by atoms with van der Waals surface area (Å²) in [5.74, 6) is 1.36. The molecule has 1 aliphatic carbocycles. The van der Waals surface area contributed by atoms with Crippen LogP contribution in [-0.2, 0) is 5.41 Å². The standard InChI is InChI=1S/C19H25NO3S/c1-12-10-15(14(3)23-12)18(22)20-11-19(8-4-5-9-19)17-7-6-16(24-17)13(2)21/h6-7,10,13,21H,4-5,8-9,11H2,1-3H3,(H,20,22). The van der Waals surface area contributed by atoms with E-state index in [1.165, 1.54) is 17.7 Å². The van der Waals surface area contributed by atoms with Gasteiger partial charge in [-0.25, -0.2) is 0 Å². The largest absolute Gasteiger partial charge is 0.466 e. The lowest BCUT2D eigenvalue weighted by Gasteiger charge is -2.28. The number of hydrogen-bond acceptors (Lipinski definition) is 4. The number of thiophene rings is 1. The summed E-state index contributed by atoms with van der Waals surface area (Å²) in [6.45, 7) is 6.10. The normalized spacial score (nSPS) is 17.8. The van der Waals surface area contributed by atoms with Crippen LogP contribution in [0, 0.1) is 13.8 Å². The SMILES string of the molecule is Cc1cc(C(=O)NCC2(c3ccc(C(C)O)s3)CCCC2)c(C)o1. The average Bonchev–Trinajstić information content (AvgIpc) is 3.24. The molecule has 5 heteroatoms. The zero-order valence-corrected chi connectivity index (χ0v) is 15.3. The molecule has 0 radical (unpaired) electrons. The Morgan fingerprint density at radius 2 is 2.08 bits per heavy atom. The minimum absolute atomic E-state index is 0.000151. The van der Waals surface area contributed by atoms with Crippen LogP contribution in [0.1, 0.15) is 70.3 Å². The van der Waals surface area contributed by atoms with Gasteiger partial charge in [-0.15, -0.1) is 11.3 Å². The van der Waals surface area contributed by atoms with E-state index >= 15 is 0 Å². The first-order valence-electron chi connectivity index (χ1n) is 8.55. The molecule has 2 N–H and O–H groups in total. The zero-order valence-electron chi connectivity index (χ0n) is 14.5. The Labute approximate surface area is 146 Å². The van der Waals surface area contributed by atoms with Gasteiger partial charge in [0.1, 0.15) is 11.5 Å². The molecule has 3 rings (SSSR count). The van der Waals surface area contributed by atoms with Crippen LogP contribution in [-0.4, -0.2) is 17.6 Å². The molecule has 130 valence electrons. The molecule has 1 amide bonds. The predicted octanol–water partition coefficient (Wildman–Crippen LogP) is 4.25. The van der Waals surface area contributed by atoms with E-state index in [0.717, 1.165) is 23.5 Å². The molecule has 0 aliphatic heterocycles. The first-order chi connectivity index (χ1) is 11.4. The monoisotopic (exact) mass is 347 g/mol. The van der Waals surface area contributed by atoms with Gasteiger partial charge in [0.05, 0.1) is 11.7 Å². The number of nitrogens with one attached hydrogen (secondary N) is 1. The third-order valence-corrected chi connectivity index (χ3v) is 6.50. The Bertz CT molecular complexity index is 723. The molecule has 1 saturated carbocycles. The van der Waals surface area contributed by atoms with Crippen molar-refractivity contribution in [1.82, 2.24) is 5.32 Å². The molecule has 1 atom stereocenters. The third kappa shape index (κ3) is 3.28. The number of rotatable bonds is 5. The molecule has 2 aromatic heterocycles. The van der Waals surface area contributed by atoms with Crippen molar-refractivity contribution >= 4 is 17.2 Å². The van der Waals surface area contributed by atoms with Crippen molar-refractivity contribution in [2.24, 2.45) is 0 Å². The maximum Gasteiger partial charge on any atom is 0.254 e. The second-order valence-corrected chi connectivity index (χ2v) is 7.99. The summed E-state index contributed by atoms with van der Waals surface area (Å²) in [4.78, 5) is 14.8. The fourth-order valence-corrected chi connectivity index (χ4v) is 4.81. The van der Waals surface area contributed by atoms with Gasteiger partial charge in [0.15, 0.2) is 0 Å². The first kappa shape index (κ1) is 17.2. The van der Waals surface area contributed by atoms with Gasteiger partial charge in [-0.3, -0.25) is 4.79 Å². The Balaban J connectivity index is 1.76. The predicted molar refractivity (Wildman–Crippen MR) is 95.6 cm³/mol. The Kier molecular flexibility index (Phi) is 4.83. The maximum absolute atomic E-state index is 12.5. The molecule has 0 aromatic carbocycles. The van der Waals surface area contributed by atoms with E-state index < -0.39 is 6.10 Å². The number of hydrogen-bond donors (Lipinski definition) is 2. The van der Waals surface area contributed by atoms with Crippen LogP contribution in [0.25, 0.3) is 0 Å². The first-order valence-corrected chi connectivity index (χ1v) is 9.36. The summed E-state index contributed by atoms with van der Waals surface area (Å²) >= 11 is 1.67. The molecule has 1 aliphatic rings. The van der Waals surface area contributed by atoms with E-state index in [2.05, 4.69) is 11.4 Å². The van der Waals surface area contributed by atoms with Crippen LogP contribution in [0.2, 0.25) is 0 Å². The molecular weight excluding hydrogens is 322 g/mol. The molecular formula is C19H25NO3S. The summed E-state index contributed by atoms with van der Waals surface area (Å²) in [5, 5.41) is 12.9. The highest BCUT2D eigenvalue weighted by atomic mass is 32.1. The van der Waals surface area contributed by atoms with Gasteiger partial charge in [0.25, 0.3) is 5.91 Å². The van der Waals surface area contributed by atoms with E-state index in [1.807, 2.05) is 19.9 Å². The van der Waals surface area contributed by atoms with E-state index in [4.69, 9.17) is 4.42 Å². The second kappa shape index (κ2) is 6.73. The zero-order chi connectivity index (χ0) is 17.3. The highest BCUT2D eigenvalue weighted by Crippen LogP contribution is 2.44. The van der Waals surface area contributed by atoms with E-state index in [1.54, 1.807) is 24.3 Å². The van der Waals surface area contributed by atoms with E-state index in [9.17, 15) is 9.90 Å². The topological polar surface area (TPSA) is 62.5 Å².